The minimum absolute atomic E-state index is 0.0154. The lowest BCUT2D eigenvalue weighted by molar-refractivity contribution is -0.136. The van der Waals surface area contributed by atoms with Crippen LogP contribution in [0, 0.1) is 25.0 Å². The van der Waals surface area contributed by atoms with Gasteiger partial charge in [0, 0.05) is 66.8 Å². The van der Waals surface area contributed by atoms with Crippen molar-refractivity contribution in [3.05, 3.63) is 198 Å². The van der Waals surface area contributed by atoms with Crippen LogP contribution >= 0.6 is 0 Å². The number of benzene rings is 2. The van der Waals surface area contributed by atoms with E-state index < -0.39 is 17.9 Å². The first kappa shape index (κ1) is 43.6. The number of ketones is 1. The van der Waals surface area contributed by atoms with Crippen molar-refractivity contribution >= 4 is 28.9 Å². The molecule has 3 N–H and O–H groups in total. The van der Waals surface area contributed by atoms with Gasteiger partial charge in [-0.25, -0.2) is 24.6 Å². The molecule has 16 heteroatoms. The van der Waals surface area contributed by atoms with Crippen LogP contribution in [0.3, 0.4) is 0 Å². The highest BCUT2D eigenvalue weighted by molar-refractivity contribution is 5.85. The van der Waals surface area contributed by atoms with Crippen molar-refractivity contribution in [3.63, 3.8) is 0 Å². The number of nitrogens with two attached hydrogens (primary N) is 1. The lowest BCUT2D eigenvalue weighted by atomic mass is 9.99. The first-order valence-electron chi connectivity index (χ1n) is 18.8. The summed E-state index contributed by atoms with van der Waals surface area (Å²) in [4.78, 5) is 45.4. The largest absolute Gasteiger partial charge is 0.481 e. The highest BCUT2D eigenvalue weighted by Gasteiger charge is 2.13. The van der Waals surface area contributed by atoms with Crippen LogP contribution in [0.25, 0.3) is 54.5 Å². The van der Waals surface area contributed by atoms with Crippen LogP contribution in [0.1, 0.15) is 16.8 Å². The predicted molar refractivity (Wildman–Crippen MR) is 230 cm³/mol. The molecule has 0 aliphatic carbocycles. The molecule has 308 valence electrons. The number of aliphatic carboxylic acids is 1. The van der Waals surface area contributed by atoms with Gasteiger partial charge in [0.2, 0.25) is 11.9 Å². The van der Waals surface area contributed by atoms with Crippen molar-refractivity contribution in [1.82, 2.24) is 40.3 Å². The van der Waals surface area contributed by atoms with Gasteiger partial charge >= 0.3 is 5.97 Å². The molecule has 0 atom stereocenters. The first-order chi connectivity index (χ1) is 30.6. The van der Waals surface area contributed by atoms with E-state index >= 15 is 0 Å². The molecule has 0 saturated heterocycles. The second-order valence-electron chi connectivity index (χ2n) is 13.4. The maximum Gasteiger partial charge on any atom is 0.307 e. The highest BCUT2D eigenvalue weighted by Crippen LogP contribution is 2.33. The van der Waals surface area contributed by atoms with E-state index in [2.05, 4.69) is 50.0 Å². The van der Waals surface area contributed by atoms with Crippen molar-refractivity contribution in [3.8, 4) is 44.8 Å². The summed E-state index contributed by atoms with van der Waals surface area (Å²) in [6.45, 7) is 14.6. The molecule has 0 radical (unpaired) electrons. The van der Waals surface area contributed by atoms with Gasteiger partial charge in [-0.1, -0.05) is 42.0 Å². The lowest BCUT2D eigenvalue weighted by Gasteiger charge is -2.08. The summed E-state index contributed by atoms with van der Waals surface area (Å²) in [6, 6.07) is 30.3. The number of aromatic nitrogens is 8. The number of carbonyl (C=O) groups excluding carboxylic acids is 1. The number of Topliss-reactive ketones (excluding diaryl/α,β-unsaturated/α-hetero) is 1. The Balaban J connectivity index is 0.000000175. The predicted octanol–water partition coefficient (Wildman–Crippen LogP) is 8.83. The third-order valence-electron chi connectivity index (χ3n) is 8.92. The standard InChI is InChI=1S/C24H16FN5O.C14H9FN2O2.C9H8N4/c1-26-23-12-16(4-7-21(23)17-8-10-27-24(25)13-17)11-20(31)14-19-6-5-18(15-28-19)22-3-2-9-29-30-22;1-16-12-6-9(7-14(18)19)2-3-11(12)10-4-5-17-13(15)8-10;10-9-4-3-7(6-11-9)8-2-1-5-12-13-8/h2-10,12-13,15H,11,14H2;2-6,8H,7H2,(H,18,19);1-6H,(H2,10,11). The van der Waals surface area contributed by atoms with E-state index in [0.717, 1.165) is 22.4 Å². The van der Waals surface area contributed by atoms with E-state index in [1.165, 1.54) is 30.6 Å². The maximum atomic E-state index is 13.4. The normalized spacial score (nSPS) is 10.2. The average Bonchev–Trinajstić information content (AvgIpc) is 3.30. The first-order valence-corrected chi connectivity index (χ1v) is 18.8. The molecule has 0 unspecified atom stereocenters. The Labute approximate surface area is 359 Å². The smallest absolute Gasteiger partial charge is 0.307 e. The molecule has 0 aliphatic heterocycles. The van der Waals surface area contributed by atoms with Crippen molar-refractivity contribution in [1.29, 1.82) is 0 Å². The second kappa shape index (κ2) is 21.3. The summed E-state index contributed by atoms with van der Waals surface area (Å²) >= 11 is 0. The zero-order valence-electron chi connectivity index (χ0n) is 33.0. The monoisotopic (exact) mass is 837 g/mol. The van der Waals surface area contributed by atoms with E-state index in [0.29, 0.717) is 56.4 Å². The van der Waals surface area contributed by atoms with Gasteiger partial charge < -0.3 is 10.8 Å². The minimum atomic E-state index is -0.960. The number of carbonyl (C=O) groups is 2. The van der Waals surface area contributed by atoms with E-state index in [9.17, 15) is 18.4 Å². The Hall–Kier alpha value is -9.02. The van der Waals surface area contributed by atoms with Gasteiger partial charge in [0.15, 0.2) is 11.4 Å². The summed E-state index contributed by atoms with van der Waals surface area (Å²) in [6.07, 6.45) is 9.49. The molecule has 8 rings (SSSR count). The highest BCUT2D eigenvalue weighted by atomic mass is 19.1. The van der Waals surface area contributed by atoms with Gasteiger partial charge in [-0.3, -0.25) is 14.6 Å². The quantitative estimate of drug-likeness (QED) is 0.0984. The number of rotatable bonds is 10. The summed E-state index contributed by atoms with van der Waals surface area (Å²) in [5, 5.41) is 24.3. The lowest BCUT2D eigenvalue weighted by Crippen LogP contribution is -2.08. The fraction of sp³-hybridized carbons (Fsp3) is 0.0638. The van der Waals surface area contributed by atoms with Crippen LogP contribution in [0.15, 0.2) is 146 Å². The topological polar surface area (TPSA) is 192 Å². The van der Waals surface area contributed by atoms with E-state index in [-0.39, 0.29) is 25.0 Å². The molecule has 0 saturated carbocycles. The van der Waals surface area contributed by atoms with Gasteiger partial charge in [0.25, 0.3) is 0 Å². The minimum Gasteiger partial charge on any atom is -0.481 e. The summed E-state index contributed by atoms with van der Waals surface area (Å²) in [7, 11) is 0. The maximum absolute atomic E-state index is 13.4. The van der Waals surface area contributed by atoms with Crippen molar-refractivity contribution in [2.24, 2.45) is 0 Å². The van der Waals surface area contributed by atoms with Crippen molar-refractivity contribution in [2.45, 2.75) is 19.3 Å². The number of carboxylic acid groups (broad SMARTS) is 1. The van der Waals surface area contributed by atoms with Crippen LogP contribution in [0.4, 0.5) is 26.0 Å². The van der Waals surface area contributed by atoms with Gasteiger partial charge in [0.1, 0.15) is 11.6 Å². The number of hydrogen-bond acceptors (Lipinski definition) is 11. The van der Waals surface area contributed by atoms with Crippen LogP contribution in [-0.4, -0.2) is 57.2 Å². The van der Waals surface area contributed by atoms with Gasteiger partial charge in [0.05, 0.1) is 31.0 Å². The van der Waals surface area contributed by atoms with E-state index in [4.69, 9.17) is 24.0 Å². The van der Waals surface area contributed by atoms with Crippen molar-refractivity contribution in [2.75, 3.05) is 5.73 Å². The van der Waals surface area contributed by atoms with Gasteiger partial charge in [-0.15, -0.1) is 0 Å². The number of pyridine rings is 4. The SMILES string of the molecule is Nc1ccc(-c2cccnn2)cn1.[C-]#[N+]c1cc(CC(=O)Cc2ccc(-c3cccnn3)cn2)ccc1-c1ccnc(F)c1.[C-]#[N+]c1cc(CC(=O)O)ccc1-c1ccnc(F)c1. The summed E-state index contributed by atoms with van der Waals surface area (Å²) in [5.41, 5.74) is 13.6. The molecule has 0 bridgehead atoms. The van der Waals surface area contributed by atoms with E-state index in [1.807, 2.05) is 30.3 Å². The molecular weight excluding hydrogens is 805 g/mol. The number of nitrogen functional groups attached to an aromatic ring is 1. The summed E-state index contributed by atoms with van der Waals surface area (Å²) < 4.78 is 26.5. The second-order valence-corrected chi connectivity index (χ2v) is 13.4. The number of hydrogen-bond donors (Lipinski definition) is 2. The zero-order valence-corrected chi connectivity index (χ0v) is 33.0. The Morgan fingerprint density at radius 3 is 1.52 bits per heavy atom. The molecule has 2 aromatic carbocycles. The fourth-order valence-corrected chi connectivity index (χ4v) is 6.00. The molecule has 63 heavy (non-hydrogen) atoms. The number of anilines is 1. The van der Waals surface area contributed by atoms with E-state index in [1.54, 1.807) is 85.5 Å². The van der Waals surface area contributed by atoms with Gasteiger partial charge in [-0.2, -0.15) is 29.2 Å². The summed E-state index contributed by atoms with van der Waals surface area (Å²) in [5.74, 6) is -1.70. The molecule has 0 amide bonds. The molecule has 14 nitrogen and oxygen atoms in total. The van der Waals surface area contributed by atoms with Crippen LogP contribution in [0.2, 0.25) is 0 Å². The Bertz CT molecular complexity index is 2930. The Morgan fingerprint density at radius 2 is 1.10 bits per heavy atom. The molecular formula is C47H33F2N11O3. The van der Waals surface area contributed by atoms with Crippen molar-refractivity contribution < 1.29 is 23.5 Å². The molecule has 0 aliphatic rings. The molecule has 0 fully saturated rings. The van der Waals surface area contributed by atoms with Crippen LogP contribution in [-0.2, 0) is 28.9 Å². The third kappa shape index (κ3) is 12.5. The Morgan fingerprint density at radius 1 is 0.571 bits per heavy atom. The fourth-order valence-electron chi connectivity index (χ4n) is 6.00. The van der Waals surface area contributed by atoms with Crippen LogP contribution < -0.4 is 5.73 Å². The van der Waals surface area contributed by atoms with Gasteiger partial charge in [-0.05, 0) is 101 Å². The number of nitrogens with zero attached hydrogens (tertiary/aromatic N) is 10. The number of halogens is 2. The molecule has 6 aromatic heterocycles. The molecule has 6 heterocycles. The third-order valence-corrected chi connectivity index (χ3v) is 8.92. The molecule has 0 spiro atoms. The zero-order chi connectivity index (χ0) is 44.6. The number of carboxylic acids is 1. The Kier molecular flexibility index (Phi) is 14.7. The average molecular weight is 838 g/mol. The van der Waals surface area contributed by atoms with Crippen LogP contribution in [0.5, 0.6) is 0 Å². The molecule has 8 aromatic rings.